The van der Waals surface area contributed by atoms with E-state index >= 15 is 0 Å². The predicted octanol–water partition coefficient (Wildman–Crippen LogP) is 2.96. The summed E-state index contributed by atoms with van der Waals surface area (Å²) in [6.45, 7) is 4.86. The lowest BCUT2D eigenvalue weighted by Crippen LogP contribution is -2.30. The van der Waals surface area contributed by atoms with Gasteiger partial charge in [0.1, 0.15) is 0 Å². The van der Waals surface area contributed by atoms with Crippen LogP contribution in [0.2, 0.25) is 0 Å². The Kier molecular flexibility index (Phi) is 4.19. The second kappa shape index (κ2) is 6.06. The maximum atomic E-state index is 3.53. The summed E-state index contributed by atoms with van der Waals surface area (Å²) in [5, 5.41) is 3.53. The second-order valence-electron chi connectivity index (χ2n) is 6.29. The van der Waals surface area contributed by atoms with Gasteiger partial charge in [0.25, 0.3) is 0 Å². The number of likely N-dealkylation sites (tertiary alicyclic amines) is 1. The van der Waals surface area contributed by atoms with E-state index < -0.39 is 0 Å². The summed E-state index contributed by atoms with van der Waals surface area (Å²) < 4.78 is 0. The molecule has 2 aliphatic heterocycles. The van der Waals surface area contributed by atoms with Crippen molar-refractivity contribution in [2.45, 2.75) is 37.5 Å². The molecule has 0 spiro atoms. The molecular formula is C17H26N2. The second-order valence-corrected chi connectivity index (χ2v) is 6.29. The average Bonchev–Trinajstić information content (AvgIpc) is 2.49. The highest BCUT2D eigenvalue weighted by Gasteiger charge is 2.20. The maximum Gasteiger partial charge on any atom is 0.00201 e. The Bertz CT molecular complexity index is 401. The van der Waals surface area contributed by atoms with Crippen molar-refractivity contribution in [2.24, 2.45) is 0 Å². The Balaban J connectivity index is 1.72. The van der Waals surface area contributed by atoms with Crippen molar-refractivity contribution in [3.05, 3.63) is 35.4 Å². The lowest BCUT2D eigenvalue weighted by Gasteiger charge is -2.30. The zero-order valence-corrected chi connectivity index (χ0v) is 12.1. The summed E-state index contributed by atoms with van der Waals surface area (Å²) in [6.07, 6.45) is 5.32. The number of rotatable bonds is 2. The molecule has 2 heteroatoms. The van der Waals surface area contributed by atoms with Crippen molar-refractivity contribution in [1.82, 2.24) is 10.2 Å². The van der Waals surface area contributed by atoms with Crippen molar-refractivity contribution in [3.8, 4) is 0 Å². The standard InChI is InChI=1S/C17H26N2/c1-19-10-7-14(8-11-19)15-4-2-5-16(12-15)17-6-3-9-18-13-17/h2,4-5,12,14,17-18H,3,6-11,13H2,1H3. The van der Waals surface area contributed by atoms with E-state index in [1.165, 1.54) is 45.3 Å². The van der Waals surface area contributed by atoms with Gasteiger partial charge in [0.05, 0.1) is 0 Å². The van der Waals surface area contributed by atoms with Crippen LogP contribution in [-0.2, 0) is 0 Å². The lowest BCUT2D eigenvalue weighted by molar-refractivity contribution is 0.255. The van der Waals surface area contributed by atoms with Gasteiger partial charge in [-0.15, -0.1) is 0 Å². The highest BCUT2D eigenvalue weighted by molar-refractivity contribution is 5.29. The quantitative estimate of drug-likeness (QED) is 0.877. The molecule has 2 aliphatic rings. The van der Waals surface area contributed by atoms with Crippen LogP contribution in [0.4, 0.5) is 0 Å². The molecule has 1 unspecified atom stereocenters. The molecule has 0 aliphatic carbocycles. The van der Waals surface area contributed by atoms with Crippen LogP contribution in [0, 0.1) is 0 Å². The number of piperidine rings is 2. The van der Waals surface area contributed by atoms with E-state index in [0.29, 0.717) is 0 Å². The third kappa shape index (κ3) is 3.18. The number of hydrogen-bond acceptors (Lipinski definition) is 2. The molecule has 104 valence electrons. The molecule has 0 bridgehead atoms. The Morgan fingerprint density at radius 2 is 1.79 bits per heavy atom. The van der Waals surface area contributed by atoms with Gasteiger partial charge in [-0.05, 0) is 75.3 Å². The molecule has 1 N–H and O–H groups in total. The number of nitrogens with zero attached hydrogens (tertiary/aromatic N) is 1. The van der Waals surface area contributed by atoms with Gasteiger partial charge in [0.15, 0.2) is 0 Å². The summed E-state index contributed by atoms with van der Waals surface area (Å²) in [7, 11) is 2.24. The first kappa shape index (κ1) is 13.1. The minimum Gasteiger partial charge on any atom is -0.316 e. The number of benzene rings is 1. The van der Waals surface area contributed by atoms with Gasteiger partial charge in [0, 0.05) is 6.54 Å². The van der Waals surface area contributed by atoms with E-state index in [9.17, 15) is 0 Å². The van der Waals surface area contributed by atoms with E-state index in [2.05, 4.69) is 41.5 Å². The van der Waals surface area contributed by atoms with Gasteiger partial charge in [-0.2, -0.15) is 0 Å². The average molecular weight is 258 g/mol. The monoisotopic (exact) mass is 258 g/mol. The molecule has 0 radical (unpaired) electrons. The molecule has 2 saturated heterocycles. The fourth-order valence-electron chi connectivity index (χ4n) is 3.55. The minimum atomic E-state index is 0.736. The van der Waals surface area contributed by atoms with Gasteiger partial charge in [-0.25, -0.2) is 0 Å². The van der Waals surface area contributed by atoms with Crippen LogP contribution in [0.3, 0.4) is 0 Å². The predicted molar refractivity (Wildman–Crippen MR) is 80.8 cm³/mol. The molecule has 19 heavy (non-hydrogen) atoms. The van der Waals surface area contributed by atoms with E-state index in [0.717, 1.165) is 18.4 Å². The molecular weight excluding hydrogens is 232 g/mol. The molecule has 0 saturated carbocycles. The molecule has 0 amide bonds. The summed E-state index contributed by atoms with van der Waals surface area (Å²) in [6, 6.07) is 9.44. The lowest BCUT2D eigenvalue weighted by atomic mass is 9.85. The first-order valence-electron chi connectivity index (χ1n) is 7.82. The SMILES string of the molecule is CN1CCC(c2cccc(C3CCCNC3)c2)CC1. The summed E-state index contributed by atoms with van der Waals surface area (Å²) >= 11 is 0. The summed E-state index contributed by atoms with van der Waals surface area (Å²) in [5.74, 6) is 1.52. The topological polar surface area (TPSA) is 15.3 Å². The fraction of sp³-hybridized carbons (Fsp3) is 0.647. The van der Waals surface area contributed by atoms with Crippen molar-refractivity contribution < 1.29 is 0 Å². The van der Waals surface area contributed by atoms with Gasteiger partial charge in [-0.1, -0.05) is 24.3 Å². The van der Waals surface area contributed by atoms with Crippen LogP contribution < -0.4 is 5.32 Å². The molecule has 1 aromatic rings. The van der Waals surface area contributed by atoms with Crippen LogP contribution in [0.1, 0.15) is 48.6 Å². The van der Waals surface area contributed by atoms with Crippen LogP contribution in [0.15, 0.2) is 24.3 Å². The summed E-state index contributed by atoms with van der Waals surface area (Å²) in [5.41, 5.74) is 3.14. The Morgan fingerprint density at radius 3 is 2.47 bits per heavy atom. The van der Waals surface area contributed by atoms with Crippen molar-refractivity contribution in [1.29, 1.82) is 0 Å². The van der Waals surface area contributed by atoms with Crippen molar-refractivity contribution in [2.75, 3.05) is 33.2 Å². The fourth-order valence-corrected chi connectivity index (χ4v) is 3.55. The zero-order chi connectivity index (χ0) is 13.1. The molecule has 0 aromatic heterocycles. The molecule has 1 aromatic carbocycles. The molecule has 1 atom stereocenters. The minimum absolute atomic E-state index is 0.736. The zero-order valence-electron chi connectivity index (χ0n) is 12.1. The van der Waals surface area contributed by atoms with Gasteiger partial charge < -0.3 is 10.2 Å². The molecule has 2 fully saturated rings. The number of hydrogen-bond donors (Lipinski definition) is 1. The Morgan fingerprint density at radius 1 is 1.05 bits per heavy atom. The first-order chi connectivity index (χ1) is 9.33. The van der Waals surface area contributed by atoms with Crippen LogP contribution in [-0.4, -0.2) is 38.1 Å². The third-order valence-electron chi connectivity index (χ3n) is 4.87. The molecule has 2 heterocycles. The van der Waals surface area contributed by atoms with E-state index in [-0.39, 0.29) is 0 Å². The largest absolute Gasteiger partial charge is 0.316 e. The molecule has 2 nitrogen and oxygen atoms in total. The van der Waals surface area contributed by atoms with Crippen molar-refractivity contribution in [3.63, 3.8) is 0 Å². The smallest absolute Gasteiger partial charge is 0.00201 e. The molecule has 3 rings (SSSR count). The highest BCUT2D eigenvalue weighted by atomic mass is 15.1. The third-order valence-corrected chi connectivity index (χ3v) is 4.87. The van der Waals surface area contributed by atoms with Gasteiger partial charge in [-0.3, -0.25) is 0 Å². The van der Waals surface area contributed by atoms with Crippen LogP contribution in [0.5, 0.6) is 0 Å². The van der Waals surface area contributed by atoms with Crippen LogP contribution >= 0.6 is 0 Å². The number of nitrogens with one attached hydrogen (secondary N) is 1. The first-order valence-corrected chi connectivity index (χ1v) is 7.82. The van der Waals surface area contributed by atoms with Gasteiger partial charge >= 0.3 is 0 Å². The van der Waals surface area contributed by atoms with E-state index in [1.54, 1.807) is 11.1 Å². The van der Waals surface area contributed by atoms with Gasteiger partial charge in [0.2, 0.25) is 0 Å². The van der Waals surface area contributed by atoms with Crippen LogP contribution in [0.25, 0.3) is 0 Å². The Labute approximate surface area is 117 Å². The maximum absolute atomic E-state index is 3.53. The highest BCUT2D eigenvalue weighted by Crippen LogP contribution is 2.31. The van der Waals surface area contributed by atoms with Crippen molar-refractivity contribution >= 4 is 0 Å². The van der Waals surface area contributed by atoms with E-state index in [1.807, 2.05) is 0 Å². The normalized spacial score (nSPS) is 26.5. The van der Waals surface area contributed by atoms with E-state index in [4.69, 9.17) is 0 Å². The summed E-state index contributed by atoms with van der Waals surface area (Å²) in [4.78, 5) is 2.45. The Hall–Kier alpha value is -0.860.